The molecule has 0 spiro atoms. The van der Waals surface area contributed by atoms with Crippen LogP contribution in [-0.2, 0) is 17.8 Å². The Balaban J connectivity index is 1.52. The molecule has 0 aliphatic carbocycles. The van der Waals surface area contributed by atoms with Gasteiger partial charge in [-0.25, -0.2) is 18.7 Å². The van der Waals surface area contributed by atoms with Crippen LogP contribution in [0.15, 0.2) is 36.5 Å². The predicted molar refractivity (Wildman–Crippen MR) is 125 cm³/mol. The summed E-state index contributed by atoms with van der Waals surface area (Å²) in [6, 6.07) is 8.45. The summed E-state index contributed by atoms with van der Waals surface area (Å²) in [6.07, 6.45) is 1.16. The van der Waals surface area contributed by atoms with Crippen molar-refractivity contribution in [2.45, 2.75) is 45.9 Å². The summed E-state index contributed by atoms with van der Waals surface area (Å²) in [7, 11) is 0. The van der Waals surface area contributed by atoms with Gasteiger partial charge in [-0.1, -0.05) is 6.07 Å². The number of halogens is 2. The number of nitrogens with one attached hydrogen (secondary N) is 2. The summed E-state index contributed by atoms with van der Waals surface area (Å²) in [6.45, 7) is 6.97. The monoisotopic (exact) mass is 465 g/mol. The molecular formula is C25H25F2N5O2. The summed E-state index contributed by atoms with van der Waals surface area (Å²) in [5.74, 6) is -1.51. The maximum atomic E-state index is 15.0. The highest BCUT2D eigenvalue weighted by molar-refractivity contribution is 6.01. The molecular weight excluding hydrogens is 440 g/mol. The predicted octanol–water partition coefficient (Wildman–Crippen LogP) is 4.33. The molecule has 1 amide bonds. The normalized spacial score (nSPS) is 17.3. The molecule has 2 aliphatic heterocycles. The molecule has 5 rings (SSSR count). The summed E-state index contributed by atoms with van der Waals surface area (Å²) in [5, 5.41) is 6.45. The number of hydrogen-bond donors (Lipinski definition) is 2. The SMILES string of the molecule is CC1Oc2c(F)cc(-c3nc(Nc4ccc5c(c4)CCNC5)ncc3F)cc2N(C(C)C)C1=O. The molecule has 7 nitrogen and oxygen atoms in total. The fourth-order valence-electron chi connectivity index (χ4n) is 4.40. The van der Waals surface area contributed by atoms with Gasteiger partial charge in [0, 0.05) is 23.8 Å². The Morgan fingerprint density at radius 2 is 2.00 bits per heavy atom. The van der Waals surface area contributed by atoms with Gasteiger partial charge in [0.2, 0.25) is 5.95 Å². The van der Waals surface area contributed by atoms with E-state index in [1.165, 1.54) is 28.2 Å². The van der Waals surface area contributed by atoms with Gasteiger partial charge in [-0.2, -0.15) is 0 Å². The maximum absolute atomic E-state index is 15.0. The molecule has 3 aromatic rings. The van der Waals surface area contributed by atoms with Gasteiger partial charge in [-0.15, -0.1) is 0 Å². The van der Waals surface area contributed by atoms with E-state index in [1.807, 2.05) is 32.0 Å². The van der Waals surface area contributed by atoms with Crippen LogP contribution in [0.2, 0.25) is 0 Å². The fourth-order valence-corrected chi connectivity index (χ4v) is 4.40. The minimum absolute atomic E-state index is 0.0269. The van der Waals surface area contributed by atoms with Gasteiger partial charge < -0.3 is 20.3 Å². The van der Waals surface area contributed by atoms with Gasteiger partial charge in [0.1, 0.15) is 5.69 Å². The highest BCUT2D eigenvalue weighted by atomic mass is 19.1. The topological polar surface area (TPSA) is 79.4 Å². The number of amides is 1. The smallest absolute Gasteiger partial charge is 0.268 e. The van der Waals surface area contributed by atoms with Crippen molar-refractivity contribution in [1.82, 2.24) is 15.3 Å². The molecule has 176 valence electrons. The van der Waals surface area contributed by atoms with Gasteiger partial charge in [0.05, 0.1) is 11.9 Å². The lowest BCUT2D eigenvalue weighted by atomic mass is 10.0. The third kappa shape index (κ3) is 3.96. The van der Waals surface area contributed by atoms with Crippen molar-refractivity contribution in [3.63, 3.8) is 0 Å². The number of carbonyl (C=O) groups excluding carboxylic acids is 1. The zero-order chi connectivity index (χ0) is 24.0. The lowest BCUT2D eigenvalue weighted by Gasteiger charge is -2.36. The first kappa shape index (κ1) is 22.2. The van der Waals surface area contributed by atoms with Gasteiger partial charge in [-0.05, 0) is 69.1 Å². The second kappa shape index (κ2) is 8.64. The zero-order valence-corrected chi connectivity index (χ0v) is 19.2. The van der Waals surface area contributed by atoms with Crippen LogP contribution >= 0.6 is 0 Å². The van der Waals surface area contributed by atoms with Crippen LogP contribution in [0.4, 0.5) is 26.1 Å². The maximum Gasteiger partial charge on any atom is 0.268 e. The first-order valence-corrected chi connectivity index (χ1v) is 11.3. The molecule has 0 radical (unpaired) electrons. The molecule has 1 unspecified atom stereocenters. The first-order chi connectivity index (χ1) is 16.3. The lowest BCUT2D eigenvalue weighted by Crippen LogP contribution is -2.48. The van der Waals surface area contributed by atoms with Crippen LogP contribution in [0.25, 0.3) is 11.3 Å². The van der Waals surface area contributed by atoms with Crippen LogP contribution in [0.5, 0.6) is 5.75 Å². The molecule has 34 heavy (non-hydrogen) atoms. The lowest BCUT2D eigenvalue weighted by molar-refractivity contribution is -0.126. The first-order valence-electron chi connectivity index (χ1n) is 11.3. The Hall–Kier alpha value is -3.59. The molecule has 2 aliphatic rings. The Morgan fingerprint density at radius 1 is 1.18 bits per heavy atom. The van der Waals surface area contributed by atoms with E-state index in [2.05, 4.69) is 20.6 Å². The number of anilines is 3. The number of ether oxygens (including phenoxy) is 1. The van der Waals surface area contributed by atoms with E-state index < -0.39 is 17.7 Å². The van der Waals surface area contributed by atoms with Gasteiger partial charge in [0.15, 0.2) is 23.5 Å². The van der Waals surface area contributed by atoms with E-state index in [0.717, 1.165) is 31.4 Å². The van der Waals surface area contributed by atoms with E-state index in [4.69, 9.17) is 4.74 Å². The minimum Gasteiger partial charge on any atom is -0.476 e. The quantitative estimate of drug-likeness (QED) is 0.597. The van der Waals surface area contributed by atoms with Crippen molar-refractivity contribution >= 4 is 23.2 Å². The number of fused-ring (bicyclic) bond motifs is 2. The average molecular weight is 466 g/mol. The average Bonchev–Trinajstić information content (AvgIpc) is 2.81. The van der Waals surface area contributed by atoms with E-state index in [1.54, 1.807) is 6.92 Å². The van der Waals surface area contributed by atoms with Crippen molar-refractivity contribution in [2.75, 3.05) is 16.8 Å². The third-order valence-corrected chi connectivity index (χ3v) is 6.05. The Morgan fingerprint density at radius 3 is 2.79 bits per heavy atom. The number of carbonyl (C=O) groups is 1. The third-order valence-electron chi connectivity index (χ3n) is 6.05. The van der Waals surface area contributed by atoms with Gasteiger partial charge in [-0.3, -0.25) is 4.79 Å². The Bertz CT molecular complexity index is 1280. The molecule has 0 saturated carbocycles. The summed E-state index contributed by atoms with van der Waals surface area (Å²) >= 11 is 0. The number of benzene rings is 2. The van der Waals surface area contributed by atoms with E-state index in [-0.39, 0.29) is 40.6 Å². The number of aromatic nitrogens is 2. The fraction of sp³-hybridized carbons (Fsp3) is 0.320. The standard InChI is InChI=1S/C25H25F2N5O2/c1-13(2)32-21-10-17(9-19(26)23(21)34-14(3)24(32)33)22-20(27)12-29-25(31-22)30-18-5-4-16-11-28-7-6-15(16)8-18/h4-5,8-10,12-14,28H,6-7,11H2,1-3H3,(H,29,30,31). The van der Waals surface area contributed by atoms with E-state index >= 15 is 4.39 Å². The molecule has 0 fully saturated rings. The Kier molecular flexibility index (Phi) is 5.65. The van der Waals surface area contributed by atoms with Crippen molar-refractivity contribution in [1.29, 1.82) is 0 Å². The van der Waals surface area contributed by atoms with Crippen LogP contribution in [0.3, 0.4) is 0 Å². The van der Waals surface area contributed by atoms with E-state index in [9.17, 15) is 9.18 Å². The second-order valence-corrected chi connectivity index (χ2v) is 8.79. The molecule has 2 N–H and O–H groups in total. The van der Waals surface area contributed by atoms with Crippen LogP contribution < -0.4 is 20.3 Å². The minimum atomic E-state index is -0.811. The van der Waals surface area contributed by atoms with Crippen LogP contribution in [0.1, 0.15) is 31.9 Å². The van der Waals surface area contributed by atoms with Crippen molar-refractivity contribution in [2.24, 2.45) is 0 Å². The molecule has 9 heteroatoms. The highest BCUT2D eigenvalue weighted by Gasteiger charge is 2.35. The zero-order valence-electron chi connectivity index (χ0n) is 19.2. The van der Waals surface area contributed by atoms with Crippen molar-refractivity contribution in [3.05, 3.63) is 59.3 Å². The molecule has 0 bridgehead atoms. The molecule has 3 heterocycles. The van der Waals surface area contributed by atoms with Crippen LogP contribution in [-0.4, -0.2) is 34.6 Å². The highest BCUT2D eigenvalue weighted by Crippen LogP contribution is 2.41. The van der Waals surface area contributed by atoms with Gasteiger partial charge in [0.25, 0.3) is 5.91 Å². The van der Waals surface area contributed by atoms with Crippen LogP contribution in [0, 0.1) is 11.6 Å². The molecule has 0 saturated heterocycles. The van der Waals surface area contributed by atoms with Crippen molar-refractivity contribution in [3.8, 4) is 17.0 Å². The molecule has 2 aromatic carbocycles. The summed E-state index contributed by atoms with van der Waals surface area (Å²) < 4.78 is 35.3. The number of rotatable bonds is 4. The molecule has 1 aromatic heterocycles. The van der Waals surface area contributed by atoms with Crippen molar-refractivity contribution < 1.29 is 18.3 Å². The number of nitrogens with zero attached hydrogens (tertiary/aromatic N) is 3. The van der Waals surface area contributed by atoms with E-state index in [0.29, 0.717) is 0 Å². The largest absolute Gasteiger partial charge is 0.476 e. The second-order valence-electron chi connectivity index (χ2n) is 8.79. The summed E-state index contributed by atoms with van der Waals surface area (Å²) in [4.78, 5) is 22.5. The number of hydrogen-bond acceptors (Lipinski definition) is 6. The van der Waals surface area contributed by atoms with Gasteiger partial charge >= 0.3 is 0 Å². The Labute approximate surface area is 196 Å². The molecule has 1 atom stereocenters. The summed E-state index contributed by atoms with van der Waals surface area (Å²) in [5.41, 5.74) is 3.62.